The number of hydrogen-bond donors (Lipinski definition) is 2. The predicted octanol–water partition coefficient (Wildman–Crippen LogP) is 2.20. The van der Waals surface area contributed by atoms with Crippen molar-refractivity contribution in [2.45, 2.75) is 26.3 Å². The summed E-state index contributed by atoms with van der Waals surface area (Å²) in [6.45, 7) is 4.81. The van der Waals surface area contributed by atoms with Gasteiger partial charge in [0, 0.05) is 25.4 Å². The molecule has 6 heteroatoms. The summed E-state index contributed by atoms with van der Waals surface area (Å²) >= 11 is 0. The van der Waals surface area contributed by atoms with Crippen LogP contribution in [0.2, 0.25) is 0 Å². The van der Waals surface area contributed by atoms with Gasteiger partial charge in [-0.05, 0) is 31.5 Å². The number of carboxylic acid groups (broad SMARTS) is 1. The largest absolute Gasteiger partial charge is 0.481 e. The fourth-order valence-electron chi connectivity index (χ4n) is 1.91. The third kappa shape index (κ3) is 5.83. The minimum atomic E-state index is -0.901. The Labute approximate surface area is 124 Å². The summed E-state index contributed by atoms with van der Waals surface area (Å²) in [6, 6.07) is 6.66. The third-order valence-electron chi connectivity index (χ3n) is 2.95. The van der Waals surface area contributed by atoms with E-state index in [9.17, 15) is 9.59 Å². The zero-order valence-corrected chi connectivity index (χ0v) is 12.6. The van der Waals surface area contributed by atoms with Crippen molar-refractivity contribution >= 4 is 17.7 Å². The lowest BCUT2D eigenvalue weighted by atomic mass is 10.1. The number of carbonyl (C=O) groups excluding carboxylic acids is 1. The Kier molecular flexibility index (Phi) is 6.68. The van der Waals surface area contributed by atoms with Gasteiger partial charge in [0.15, 0.2) is 0 Å². The molecule has 6 nitrogen and oxygen atoms in total. The Morgan fingerprint density at radius 2 is 2.10 bits per heavy atom. The van der Waals surface area contributed by atoms with E-state index in [4.69, 9.17) is 9.84 Å². The SMILES string of the molecule is COCCN(C(=O)Nc1cccc(CC(=O)O)c1)C(C)C. The lowest BCUT2D eigenvalue weighted by Crippen LogP contribution is -2.42. The number of anilines is 1. The van der Waals surface area contributed by atoms with Crippen molar-refractivity contribution in [1.82, 2.24) is 4.90 Å². The smallest absolute Gasteiger partial charge is 0.322 e. The highest BCUT2D eigenvalue weighted by molar-refractivity contribution is 5.89. The Balaban J connectivity index is 2.74. The first-order valence-electron chi connectivity index (χ1n) is 6.81. The van der Waals surface area contributed by atoms with Crippen molar-refractivity contribution in [2.24, 2.45) is 0 Å². The summed E-state index contributed by atoms with van der Waals surface area (Å²) in [4.78, 5) is 24.6. The molecule has 0 radical (unpaired) electrons. The Morgan fingerprint density at radius 3 is 2.67 bits per heavy atom. The second kappa shape index (κ2) is 8.26. The van der Waals surface area contributed by atoms with E-state index >= 15 is 0 Å². The molecule has 0 unspecified atom stereocenters. The molecule has 116 valence electrons. The average Bonchev–Trinajstić information content (AvgIpc) is 2.38. The number of carboxylic acids is 1. The van der Waals surface area contributed by atoms with Gasteiger partial charge in [0.25, 0.3) is 0 Å². The Bertz CT molecular complexity index is 488. The standard InChI is InChI=1S/C15H22N2O4/c1-11(2)17(7-8-21-3)15(20)16-13-6-4-5-12(9-13)10-14(18)19/h4-6,9,11H,7-8,10H2,1-3H3,(H,16,20)(H,18,19). The maximum absolute atomic E-state index is 12.2. The molecule has 0 saturated carbocycles. The number of rotatable bonds is 7. The van der Waals surface area contributed by atoms with Crippen molar-refractivity contribution in [2.75, 3.05) is 25.6 Å². The second-order valence-corrected chi connectivity index (χ2v) is 4.98. The van der Waals surface area contributed by atoms with Crippen molar-refractivity contribution in [1.29, 1.82) is 0 Å². The van der Waals surface area contributed by atoms with Crippen LogP contribution in [-0.2, 0) is 16.0 Å². The molecule has 0 spiro atoms. The van der Waals surface area contributed by atoms with Gasteiger partial charge < -0.3 is 20.1 Å². The van der Waals surface area contributed by atoms with Gasteiger partial charge in [-0.15, -0.1) is 0 Å². The van der Waals surface area contributed by atoms with E-state index in [1.54, 1.807) is 36.3 Å². The highest BCUT2D eigenvalue weighted by Crippen LogP contribution is 2.13. The van der Waals surface area contributed by atoms with Crippen molar-refractivity contribution < 1.29 is 19.4 Å². The molecule has 0 aromatic heterocycles. The van der Waals surface area contributed by atoms with Crippen LogP contribution in [0, 0.1) is 0 Å². The van der Waals surface area contributed by atoms with E-state index in [0.29, 0.717) is 24.4 Å². The number of nitrogens with zero attached hydrogens (tertiary/aromatic N) is 1. The molecule has 0 heterocycles. The van der Waals surface area contributed by atoms with E-state index in [-0.39, 0.29) is 18.5 Å². The number of nitrogens with one attached hydrogen (secondary N) is 1. The second-order valence-electron chi connectivity index (χ2n) is 4.98. The minimum absolute atomic E-state index is 0.0438. The number of hydrogen-bond acceptors (Lipinski definition) is 3. The molecule has 0 aliphatic rings. The van der Waals surface area contributed by atoms with E-state index in [0.717, 1.165) is 0 Å². The number of carbonyl (C=O) groups is 2. The minimum Gasteiger partial charge on any atom is -0.481 e. The van der Waals surface area contributed by atoms with Gasteiger partial charge >= 0.3 is 12.0 Å². The fraction of sp³-hybridized carbons (Fsp3) is 0.467. The molecule has 1 aromatic carbocycles. The summed E-state index contributed by atoms with van der Waals surface area (Å²) in [5, 5.41) is 11.6. The lowest BCUT2D eigenvalue weighted by molar-refractivity contribution is -0.136. The van der Waals surface area contributed by atoms with Crippen LogP contribution in [0.5, 0.6) is 0 Å². The zero-order valence-electron chi connectivity index (χ0n) is 12.6. The zero-order chi connectivity index (χ0) is 15.8. The summed E-state index contributed by atoms with van der Waals surface area (Å²) in [5.41, 5.74) is 1.23. The van der Waals surface area contributed by atoms with Gasteiger partial charge in [-0.1, -0.05) is 12.1 Å². The predicted molar refractivity (Wildman–Crippen MR) is 80.5 cm³/mol. The first-order chi connectivity index (χ1) is 9.93. The summed E-state index contributed by atoms with van der Waals surface area (Å²) in [5.74, 6) is -0.901. The maximum atomic E-state index is 12.2. The van der Waals surface area contributed by atoms with Crippen LogP contribution in [0.3, 0.4) is 0 Å². The van der Waals surface area contributed by atoms with Gasteiger partial charge in [0.2, 0.25) is 0 Å². The summed E-state index contributed by atoms with van der Waals surface area (Å²) in [6.07, 6.45) is -0.0682. The molecule has 21 heavy (non-hydrogen) atoms. The molecule has 2 amide bonds. The Hall–Kier alpha value is -2.08. The van der Waals surface area contributed by atoms with Crippen LogP contribution in [0.25, 0.3) is 0 Å². The molecule has 0 saturated heterocycles. The molecule has 1 aromatic rings. The molecule has 2 N–H and O–H groups in total. The van der Waals surface area contributed by atoms with E-state index in [1.807, 2.05) is 13.8 Å². The van der Waals surface area contributed by atoms with Crippen molar-refractivity contribution in [3.05, 3.63) is 29.8 Å². The van der Waals surface area contributed by atoms with Crippen LogP contribution in [0.1, 0.15) is 19.4 Å². The first kappa shape index (κ1) is 17.0. The summed E-state index contributed by atoms with van der Waals surface area (Å²) in [7, 11) is 1.59. The van der Waals surface area contributed by atoms with Crippen LogP contribution >= 0.6 is 0 Å². The third-order valence-corrected chi connectivity index (χ3v) is 2.95. The van der Waals surface area contributed by atoms with Gasteiger partial charge in [-0.3, -0.25) is 4.79 Å². The van der Waals surface area contributed by atoms with Crippen LogP contribution in [0.4, 0.5) is 10.5 Å². The molecule has 1 rings (SSSR count). The van der Waals surface area contributed by atoms with E-state index < -0.39 is 5.97 Å². The highest BCUT2D eigenvalue weighted by atomic mass is 16.5. The van der Waals surface area contributed by atoms with Gasteiger partial charge in [-0.2, -0.15) is 0 Å². The quantitative estimate of drug-likeness (QED) is 0.808. The highest BCUT2D eigenvalue weighted by Gasteiger charge is 2.16. The maximum Gasteiger partial charge on any atom is 0.322 e. The summed E-state index contributed by atoms with van der Waals surface area (Å²) < 4.78 is 5.00. The van der Waals surface area contributed by atoms with Crippen LogP contribution in [-0.4, -0.2) is 48.3 Å². The van der Waals surface area contributed by atoms with Gasteiger partial charge in [0.1, 0.15) is 0 Å². The normalized spacial score (nSPS) is 10.5. The number of amides is 2. The molecular formula is C15H22N2O4. The first-order valence-corrected chi connectivity index (χ1v) is 6.81. The van der Waals surface area contributed by atoms with Gasteiger partial charge in [0.05, 0.1) is 13.0 Å². The fourth-order valence-corrected chi connectivity index (χ4v) is 1.91. The van der Waals surface area contributed by atoms with Crippen molar-refractivity contribution in [3.8, 4) is 0 Å². The lowest BCUT2D eigenvalue weighted by Gasteiger charge is -2.26. The topological polar surface area (TPSA) is 78.9 Å². The number of ether oxygens (including phenoxy) is 1. The molecule has 0 aliphatic carbocycles. The number of methoxy groups -OCH3 is 1. The van der Waals surface area contributed by atoms with Crippen LogP contribution < -0.4 is 5.32 Å². The van der Waals surface area contributed by atoms with Crippen molar-refractivity contribution in [3.63, 3.8) is 0 Å². The molecule has 0 fully saturated rings. The van der Waals surface area contributed by atoms with Crippen LogP contribution in [0.15, 0.2) is 24.3 Å². The molecule has 0 aliphatic heterocycles. The Morgan fingerprint density at radius 1 is 1.38 bits per heavy atom. The van der Waals surface area contributed by atoms with Gasteiger partial charge in [-0.25, -0.2) is 4.79 Å². The van der Waals surface area contributed by atoms with E-state index in [1.165, 1.54) is 0 Å². The monoisotopic (exact) mass is 294 g/mol. The number of benzene rings is 1. The number of aliphatic carboxylic acids is 1. The van der Waals surface area contributed by atoms with E-state index in [2.05, 4.69) is 5.32 Å². The number of urea groups is 1. The molecular weight excluding hydrogens is 272 g/mol. The molecule has 0 atom stereocenters. The molecule has 0 bridgehead atoms. The average molecular weight is 294 g/mol.